The number of benzene rings is 1. The zero-order chi connectivity index (χ0) is 18.4. The predicted molar refractivity (Wildman–Crippen MR) is 103 cm³/mol. The van der Waals surface area contributed by atoms with Crippen molar-refractivity contribution in [2.24, 2.45) is 0 Å². The second-order valence-corrected chi connectivity index (χ2v) is 7.38. The number of carbonyl (C=O) groups is 1. The van der Waals surface area contributed by atoms with Crippen molar-refractivity contribution < 1.29 is 9.53 Å². The summed E-state index contributed by atoms with van der Waals surface area (Å²) in [5.41, 5.74) is 0.949. The van der Waals surface area contributed by atoms with Gasteiger partial charge in [-0.2, -0.15) is 0 Å². The number of hydrogen-bond donors (Lipinski definition) is 0. The SMILES string of the molecule is CCN(C(=O)CSc1nncn1-c1ccc(OC)cc1)C1CCCCC1. The average Bonchev–Trinajstić information content (AvgIpc) is 3.16. The summed E-state index contributed by atoms with van der Waals surface area (Å²) in [5.74, 6) is 1.38. The second-order valence-electron chi connectivity index (χ2n) is 6.44. The van der Waals surface area contributed by atoms with Crippen molar-refractivity contribution in [3.8, 4) is 11.4 Å². The summed E-state index contributed by atoms with van der Waals surface area (Å²) < 4.78 is 7.09. The molecule has 6 nitrogen and oxygen atoms in total. The Bertz CT molecular complexity index is 711. The van der Waals surface area contributed by atoms with E-state index in [2.05, 4.69) is 17.1 Å². The van der Waals surface area contributed by atoms with Gasteiger partial charge in [0.05, 0.1) is 12.9 Å². The molecule has 0 bridgehead atoms. The van der Waals surface area contributed by atoms with Gasteiger partial charge in [0, 0.05) is 18.3 Å². The van der Waals surface area contributed by atoms with Gasteiger partial charge in [-0.15, -0.1) is 10.2 Å². The van der Waals surface area contributed by atoms with Crippen LogP contribution in [0.5, 0.6) is 5.75 Å². The Morgan fingerprint density at radius 2 is 2.00 bits per heavy atom. The first-order valence-electron chi connectivity index (χ1n) is 9.19. The first kappa shape index (κ1) is 18.8. The number of hydrogen-bond acceptors (Lipinski definition) is 5. The molecule has 1 heterocycles. The Labute approximate surface area is 158 Å². The minimum atomic E-state index is 0.189. The van der Waals surface area contributed by atoms with Crippen LogP contribution < -0.4 is 4.74 Å². The van der Waals surface area contributed by atoms with Crippen LogP contribution in [0, 0.1) is 0 Å². The number of amides is 1. The highest BCUT2D eigenvalue weighted by Gasteiger charge is 2.24. The van der Waals surface area contributed by atoms with E-state index in [4.69, 9.17) is 4.74 Å². The largest absolute Gasteiger partial charge is 0.497 e. The molecule has 2 aromatic rings. The molecule has 1 amide bonds. The second kappa shape index (κ2) is 9.07. The molecule has 7 heteroatoms. The fraction of sp³-hybridized carbons (Fsp3) is 0.526. The highest BCUT2D eigenvalue weighted by Crippen LogP contribution is 2.25. The van der Waals surface area contributed by atoms with Gasteiger partial charge in [0.25, 0.3) is 0 Å². The topological polar surface area (TPSA) is 60.2 Å². The summed E-state index contributed by atoms with van der Waals surface area (Å²) in [5, 5.41) is 8.91. The predicted octanol–water partition coefficient (Wildman–Crippen LogP) is 3.55. The normalized spacial score (nSPS) is 15.0. The molecule has 0 unspecified atom stereocenters. The molecule has 0 aliphatic heterocycles. The molecule has 3 rings (SSSR count). The molecule has 26 heavy (non-hydrogen) atoms. The van der Waals surface area contributed by atoms with Crippen LogP contribution in [-0.4, -0.2) is 51.0 Å². The minimum absolute atomic E-state index is 0.189. The van der Waals surface area contributed by atoms with Crippen LogP contribution in [0.2, 0.25) is 0 Å². The first-order valence-corrected chi connectivity index (χ1v) is 10.2. The Balaban J connectivity index is 1.64. The quantitative estimate of drug-likeness (QED) is 0.694. The molecule has 0 spiro atoms. The molecule has 0 atom stereocenters. The lowest BCUT2D eigenvalue weighted by Gasteiger charge is -2.33. The molecule has 1 aromatic carbocycles. The fourth-order valence-electron chi connectivity index (χ4n) is 3.48. The third kappa shape index (κ3) is 4.38. The van der Waals surface area contributed by atoms with Gasteiger partial charge in [-0.1, -0.05) is 31.0 Å². The maximum absolute atomic E-state index is 12.7. The molecular formula is C19H26N4O2S. The highest BCUT2D eigenvalue weighted by atomic mass is 32.2. The molecule has 1 aliphatic rings. The van der Waals surface area contributed by atoms with E-state index in [-0.39, 0.29) is 5.91 Å². The van der Waals surface area contributed by atoms with Crippen molar-refractivity contribution in [1.29, 1.82) is 0 Å². The standard InChI is InChI=1S/C19H26N4O2S/c1-3-22(15-7-5-4-6-8-15)18(24)13-26-19-21-20-14-23(19)16-9-11-17(25-2)12-10-16/h9-12,14-15H,3-8,13H2,1-2H3. The fourth-order valence-corrected chi connectivity index (χ4v) is 4.30. The van der Waals surface area contributed by atoms with E-state index >= 15 is 0 Å². The van der Waals surface area contributed by atoms with E-state index in [1.165, 1.54) is 31.0 Å². The number of nitrogens with zero attached hydrogens (tertiary/aromatic N) is 4. The Morgan fingerprint density at radius 1 is 1.27 bits per heavy atom. The van der Waals surface area contributed by atoms with E-state index in [0.717, 1.165) is 36.0 Å². The van der Waals surface area contributed by atoms with Gasteiger partial charge in [-0.25, -0.2) is 0 Å². The number of aromatic nitrogens is 3. The molecule has 1 aliphatic carbocycles. The summed E-state index contributed by atoms with van der Waals surface area (Å²) in [6.45, 7) is 2.84. The smallest absolute Gasteiger partial charge is 0.233 e. The van der Waals surface area contributed by atoms with Crippen LogP contribution in [0.4, 0.5) is 0 Å². The summed E-state index contributed by atoms with van der Waals surface area (Å²) in [4.78, 5) is 14.8. The molecule has 0 radical (unpaired) electrons. The van der Waals surface area contributed by atoms with Gasteiger partial charge in [-0.05, 0) is 44.0 Å². The monoisotopic (exact) mass is 374 g/mol. The van der Waals surface area contributed by atoms with Crippen LogP contribution in [0.1, 0.15) is 39.0 Å². The van der Waals surface area contributed by atoms with Crippen LogP contribution in [-0.2, 0) is 4.79 Å². The van der Waals surface area contributed by atoms with Gasteiger partial charge >= 0.3 is 0 Å². The van der Waals surface area contributed by atoms with Crippen molar-refractivity contribution in [3.05, 3.63) is 30.6 Å². The lowest BCUT2D eigenvalue weighted by molar-refractivity contribution is -0.131. The third-order valence-electron chi connectivity index (χ3n) is 4.87. The van der Waals surface area contributed by atoms with Gasteiger partial charge in [0.15, 0.2) is 5.16 Å². The first-order chi connectivity index (χ1) is 12.7. The Kier molecular flexibility index (Phi) is 6.55. The molecular weight excluding hydrogens is 348 g/mol. The van der Waals surface area contributed by atoms with E-state index in [0.29, 0.717) is 11.8 Å². The van der Waals surface area contributed by atoms with Crippen LogP contribution >= 0.6 is 11.8 Å². The number of ether oxygens (including phenoxy) is 1. The zero-order valence-electron chi connectivity index (χ0n) is 15.4. The molecule has 1 fully saturated rings. The van der Waals surface area contributed by atoms with Crippen LogP contribution in [0.3, 0.4) is 0 Å². The maximum atomic E-state index is 12.7. The number of thioether (sulfide) groups is 1. The Morgan fingerprint density at radius 3 is 2.65 bits per heavy atom. The molecule has 0 saturated heterocycles. The molecule has 1 aromatic heterocycles. The molecule has 0 N–H and O–H groups in total. The van der Waals surface area contributed by atoms with E-state index < -0.39 is 0 Å². The number of rotatable bonds is 7. The average molecular weight is 375 g/mol. The summed E-state index contributed by atoms with van der Waals surface area (Å²) in [7, 11) is 1.65. The Hall–Kier alpha value is -2.02. The lowest BCUT2D eigenvalue weighted by atomic mass is 9.94. The van der Waals surface area contributed by atoms with Crippen molar-refractivity contribution in [2.45, 2.75) is 50.2 Å². The van der Waals surface area contributed by atoms with Gasteiger partial charge in [0.1, 0.15) is 12.1 Å². The highest BCUT2D eigenvalue weighted by molar-refractivity contribution is 7.99. The molecule has 1 saturated carbocycles. The number of carbonyl (C=O) groups excluding carboxylic acids is 1. The van der Waals surface area contributed by atoms with Gasteiger partial charge in [-0.3, -0.25) is 9.36 Å². The van der Waals surface area contributed by atoms with Crippen molar-refractivity contribution >= 4 is 17.7 Å². The van der Waals surface area contributed by atoms with Crippen LogP contribution in [0.25, 0.3) is 5.69 Å². The molecule has 140 valence electrons. The van der Waals surface area contributed by atoms with E-state index in [1.807, 2.05) is 33.7 Å². The van der Waals surface area contributed by atoms with Crippen LogP contribution in [0.15, 0.2) is 35.7 Å². The van der Waals surface area contributed by atoms with Crippen molar-refractivity contribution in [2.75, 3.05) is 19.4 Å². The van der Waals surface area contributed by atoms with E-state index in [1.54, 1.807) is 13.4 Å². The van der Waals surface area contributed by atoms with Gasteiger partial charge < -0.3 is 9.64 Å². The summed E-state index contributed by atoms with van der Waals surface area (Å²) in [6, 6.07) is 8.11. The number of methoxy groups -OCH3 is 1. The van der Waals surface area contributed by atoms with Crippen molar-refractivity contribution in [1.82, 2.24) is 19.7 Å². The van der Waals surface area contributed by atoms with E-state index in [9.17, 15) is 4.79 Å². The zero-order valence-corrected chi connectivity index (χ0v) is 16.2. The van der Waals surface area contributed by atoms with Crippen molar-refractivity contribution in [3.63, 3.8) is 0 Å². The summed E-state index contributed by atoms with van der Waals surface area (Å²) >= 11 is 1.44. The lowest BCUT2D eigenvalue weighted by Crippen LogP contribution is -2.42. The summed E-state index contributed by atoms with van der Waals surface area (Å²) in [6.07, 6.45) is 7.69. The van der Waals surface area contributed by atoms with Gasteiger partial charge in [0.2, 0.25) is 5.91 Å². The maximum Gasteiger partial charge on any atom is 0.233 e. The third-order valence-corrected chi connectivity index (χ3v) is 5.80. The minimum Gasteiger partial charge on any atom is -0.497 e.